The van der Waals surface area contributed by atoms with Crippen molar-refractivity contribution in [3.05, 3.63) is 28.2 Å². The van der Waals surface area contributed by atoms with Gasteiger partial charge < -0.3 is 11.1 Å². The molecule has 1 atom stereocenters. The van der Waals surface area contributed by atoms with Crippen molar-refractivity contribution in [2.24, 2.45) is 5.73 Å². The predicted molar refractivity (Wildman–Crippen MR) is 88.6 cm³/mol. The molecule has 1 unspecified atom stereocenters. The van der Waals surface area contributed by atoms with Crippen molar-refractivity contribution in [3.8, 4) is 0 Å². The van der Waals surface area contributed by atoms with Gasteiger partial charge >= 0.3 is 0 Å². The zero-order valence-electron chi connectivity index (χ0n) is 10.3. The highest BCUT2D eigenvalue weighted by Gasteiger charge is 2.29. The van der Waals surface area contributed by atoms with Crippen LogP contribution in [0.5, 0.6) is 0 Å². The smallest absolute Gasteiger partial charge is 0.106 e. The quantitative estimate of drug-likeness (QED) is 0.815. The summed E-state index contributed by atoms with van der Waals surface area (Å²) in [7, 11) is 0. The fourth-order valence-electron chi connectivity index (χ4n) is 2.13. The molecule has 1 heterocycles. The second kappa shape index (κ2) is 5.80. The van der Waals surface area contributed by atoms with E-state index in [4.69, 9.17) is 18.0 Å². The van der Waals surface area contributed by atoms with Gasteiger partial charge in [-0.05, 0) is 43.7 Å². The van der Waals surface area contributed by atoms with E-state index in [1.54, 1.807) is 0 Å². The zero-order chi connectivity index (χ0) is 13.2. The Balaban J connectivity index is 2.11. The highest BCUT2D eigenvalue weighted by atomic mass is 79.9. The van der Waals surface area contributed by atoms with E-state index in [0.717, 1.165) is 22.3 Å². The Morgan fingerprint density at radius 3 is 3.00 bits per heavy atom. The van der Waals surface area contributed by atoms with Crippen LogP contribution < -0.4 is 11.1 Å². The molecule has 0 radical (unpaired) electrons. The van der Waals surface area contributed by atoms with E-state index >= 15 is 0 Å². The van der Waals surface area contributed by atoms with Crippen molar-refractivity contribution < 1.29 is 0 Å². The lowest BCUT2D eigenvalue weighted by Crippen LogP contribution is -2.28. The van der Waals surface area contributed by atoms with Crippen LogP contribution in [-0.4, -0.2) is 22.0 Å². The molecule has 1 aliphatic rings. The second-order valence-corrected chi connectivity index (χ2v) is 7.85. The topological polar surface area (TPSA) is 38.0 Å². The Kier molecular flexibility index (Phi) is 4.56. The number of thiocarbonyl (C=S) groups is 1. The van der Waals surface area contributed by atoms with Crippen LogP contribution in [0.15, 0.2) is 22.7 Å². The summed E-state index contributed by atoms with van der Waals surface area (Å²) in [6.07, 6.45) is 2.58. The minimum Gasteiger partial charge on any atom is -0.389 e. The molecular weight excluding hydrogens is 328 g/mol. The Bertz CT molecular complexity index is 456. The standard InChI is InChI=1S/C13H17BrN2S2/c1-13(5-2-6-18-13)8-16-11-4-3-9(14)7-10(11)12(15)17/h3-4,7,16H,2,5-6,8H2,1H3,(H2,15,17). The molecule has 0 saturated carbocycles. The molecule has 0 spiro atoms. The van der Waals surface area contributed by atoms with Gasteiger partial charge in [-0.1, -0.05) is 28.1 Å². The largest absolute Gasteiger partial charge is 0.389 e. The lowest BCUT2D eigenvalue weighted by molar-refractivity contribution is 0.635. The van der Waals surface area contributed by atoms with Crippen LogP contribution >= 0.6 is 39.9 Å². The summed E-state index contributed by atoms with van der Waals surface area (Å²) < 4.78 is 1.33. The van der Waals surface area contributed by atoms with E-state index in [-0.39, 0.29) is 0 Å². The maximum atomic E-state index is 5.77. The highest BCUT2D eigenvalue weighted by Crippen LogP contribution is 2.38. The van der Waals surface area contributed by atoms with Gasteiger partial charge in [0.25, 0.3) is 0 Å². The summed E-state index contributed by atoms with van der Waals surface area (Å²) in [5.74, 6) is 1.26. The van der Waals surface area contributed by atoms with Gasteiger partial charge in [0.15, 0.2) is 0 Å². The summed E-state index contributed by atoms with van der Waals surface area (Å²) in [4.78, 5) is 0.433. The average Bonchev–Trinajstić information content (AvgIpc) is 2.75. The van der Waals surface area contributed by atoms with E-state index in [1.807, 2.05) is 30.0 Å². The minimum absolute atomic E-state index is 0.334. The number of anilines is 1. The SMILES string of the molecule is CC1(CNc2ccc(Br)cc2C(N)=S)CCCS1. The Labute approximate surface area is 126 Å². The van der Waals surface area contributed by atoms with Crippen molar-refractivity contribution in [1.29, 1.82) is 0 Å². The molecule has 1 aromatic rings. The van der Waals surface area contributed by atoms with Crippen LogP contribution in [0.4, 0.5) is 5.69 Å². The molecule has 18 heavy (non-hydrogen) atoms. The van der Waals surface area contributed by atoms with Crippen LogP contribution in [-0.2, 0) is 0 Å². The Morgan fingerprint density at radius 2 is 2.39 bits per heavy atom. The number of halogens is 1. The van der Waals surface area contributed by atoms with Gasteiger partial charge in [-0.2, -0.15) is 11.8 Å². The minimum atomic E-state index is 0.334. The molecule has 1 aromatic carbocycles. The van der Waals surface area contributed by atoms with Gasteiger partial charge in [-0.25, -0.2) is 0 Å². The zero-order valence-corrected chi connectivity index (χ0v) is 13.6. The van der Waals surface area contributed by atoms with Gasteiger partial charge in [0.2, 0.25) is 0 Å². The van der Waals surface area contributed by atoms with E-state index in [9.17, 15) is 0 Å². The molecule has 0 aliphatic carbocycles. The van der Waals surface area contributed by atoms with Crippen molar-refractivity contribution in [2.45, 2.75) is 24.5 Å². The van der Waals surface area contributed by atoms with Crippen LogP contribution in [0.2, 0.25) is 0 Å². The summed E-state index contributed by atoms with van der Waals surface area (Å²) in [5, 5.41) is 3.50. The third-order valence-corrected chi connectivity index (χ3v) is 5.45. The summed E-state index contributed by atoms with van der Waals surface area (Å²) >= 11 is 10.6. The maximum absolute atomic E-state index is 5.77. The molecular formula is C13H17BrN2S2. The summed E-state index contributed by atoms with van der Waals surface area (Å²) in [6.45, 7) is 3.27. The van der Waals surface area contributed by atoms with Crippen molar-refractivity contribution in [2.75, 3.05) is 17.6 Å². The number of hydrogen-bond acceptors (Lipinski definition) is 3. The van der Waals surface area contributed by atoms with Crippen molar-refractivity contribution in [3.63, 3.8) is 0 Å². The van der Waals surface area contributed by atoms with Gasteiger partial charge in [0.05, 0.1) is 0 Å². The third kappa shape index (κ3) is 3.39. The van der Waals surface area contributed by atoms with E-state index in [0.29, 0.717) is 9.74 Å². The monoisotopic (exact) mass is 344 g/mol. The molecule has 3 N–H and O–H groups in total. The fourth-order valence-corrected chi connectivity index (χ4v) is 3.91. The molecule has 1 fully saturated rings. The number of benzene rings is 1. The molecule has 0 bridgehead atoms. The van der Waals surface area contributed by atoms with E-state index < -0.39 is 0 Å². The highest BCUT2D eigenvalue weighted by molar-refractivity contribution is 9.10. The molecule has 0 aromatic heterocycles. The summed E-state index contributed by atoms with van der Waals surface area (Å²) in [6, 6.07) is 6.00. The van der Waals surface area contributed by atoms with Crippen LogP contribution in [0.25, 0.3) is 0 Å². The number of hydrogen-bond donors (Lipinski definition) is 2. The second-order valence-electron chi connectivity index (χ2n) is 4.81. The van der Waals surface area contributed by atoms with Crippen LogP contribution in [0.1, 0.15) is 25.3 Å². The number of rotatable bonds is 4. The fraction of sp³-hybridized carbons (Fsp3) is 0.462. The molecule has 1 aliphatic heterocycles. The number of thioether (sulfide) groups is 1. The van der Waals surface area contributed by atoms with Crippen LogP contribution in [0, 0.1) is 0 Å². The van der Waals surface area contributed by atoms with Gasteiger partial charge in [-0.3, -0.25) is 0 Å². The van der Waals surface area contributed by atoms with Crippen molar-refractivity contribution in [1.82, 2.24) is 0 Å². The number of nitrogens with two attached hydrogens (primary N) is 1. The molecule has 1 saturated heterocycles. The van der Waals surface area contributed by atoms with E-state index in [2.05, 4.69) is 28.2 Å². The molecule has 2 rings (SSSR count). The lowest BCUT2D eigenvalue weighted by atomic mass is 10.1. The van der Waals surface area contributed by atoms with Crippen molar-refractivity contribution >= 4 is 50.6 Å². The average molecular weight is 345 g/mol. The molecule has 2 nitrogen and oxygen atoms in total. The van der Waals surface area contributed by atoms with E-state index in [1.165, 1.54) is 18.6 Å². The first kappa shape index (κ1) is 14.2. The maximum Gasteiger partial charge on any atom is 0.106 e. The lowest BCUT2D eigenvalue weighted by Gasteiger charge is -2.24. The predicted octanol–water partition coefficient (Wildman–Crippen LogP) is 3.78. The van der Waals surface area contributed by atoms with Gasteiger partial charge in [0, 0.05) is 27.0 Å². The Hall–Kier alpha value is -0.260. The summed E-state index contributed by atoms with van der Waals surface area (Å²) in [5.41, 5.74) is 7.70. The molecule has 98 valence electrons. The first-order valence-electron chi connectivity index (χ1n) is 5.97. The first-order chi connectivity index (χ1) is 8.50. The Morgan fingerprint density at radius 1 is 1.61 bits per heavy atom. The van der Waals surface area contributed by atoms with Gasteiger partial charge in [-0.15, -0.1) is 0 Å². The molecule has 5 heteroatoms. The van der Waals surface area contributed by atoms with Gasteiger partial charge in [0.1, 0.15) is 4.99 Å². The normalized spacial score (nSPS) is 23.0. The third-order valence-electron chi connectivity index (χ3n) is 3.20. The first-order valence-corrected chi connectivity index (χ1v) is 8.16. The van der Waals surface area contributed by atoms with Crippen LogP contribution in [0.3, 0.4) is 0 Å². The molecule has 0 amide bonds. The number of nitrogens with one attached hydrogen (secondary N) is 1.